The standard InChI is InChI=1S/C27H33N5O2/c1-19(20-5-3-2-4-6-20)30-26-10-8-22(17-29-26)27(33)31-23-15-21-7-9-24(16-25(21)34-18-23)32-13-11-28-12-14-32/h2-10,16-17,19,23,27-28,31,33H,11-15,18H2,1H3,(H,29,30)/t19-,23-,27?/m1/s1. The Bertz CT molecular complexity index is 1070. The number of benzene rings is 2. The molecule has 0 amide bonds. The van der Waals surface area contributed by atoms with Crippen molar-refractivity contribution < 1.29 is 9.84 Å². The van der Waals surface area contributed by atoms with Gasteiger partial charge in [0.25, 0.3) is 0 Å². The van der Waals surface area contributed by atoms with E-state index in [1.807, 2.05) is 30.3 Å². The summed E-state index contributed by atoms with van der Waals surface area (Å²) in [5.74, 6) is 1.73. The topological polar surface area (TPSA) is 81.7 Å². The second-order valence-corrected chi connectivity index (χ2v) is 9.06. The fraction of sp³-hybridized carbons (Fsp3) is 0.370. The number of aliphatic hydroxyl groups is 1. The van der Waals surface area contributed by atoms with Crippen molar-refractivity contribution in [3.63, 3.8) is 0 Å². The average Bonchev–Trinajstić information content (AvgIpc) is 2.90. The largest absolute Gasteiger partial charge is 0.492 e. The van der Waals surface area contributed by atoms with Crippen LogP contribution < -0.4 is 25.6 Å². The fourth-order valence-corrected chi connectivity index (χ4v) is 4.61. The third-order valence-electron chi connectivity index (χ3n) is 6.60. The van der Waals surface area contributed by atoms with Gasteiger partial charge in [-0.3, -0.25) is 5.32 Å². The molecule has 34 heavy (non-hydrogen) atoms. The second kappa shape index (κ2) is 10.4. The van der Waals surface area contributed by atoms with Crippen LogP contribution in [-0.4, -0.2) is 48.9 Å². The number of nitrogens with one attached hydrogen (secondary N) is 3. The van der Waals surface area contributed by atoms with Crippen LogP contribution in [0, 0.1) is 0 Å². The summed E-state index contributed by atoms with van der Waals surface area (Å²) in [7, 11) is 0. The van der Waals surface area contributed by atoms with Crippen LogP contribution in [0.15, 0.2) is 66.9 Å². The summed E-state index contributed by atoms with van der Waals surface area (Å²) in [4.78, 5) is 6.89. The number of aromatic nitrogens is 1. The number of aliphatic hydroxyl groups excluding tert-OH is 1. The van der Waals surface area contributed by atoms with Crippen LogP contribution in [0.5, 0.6) is 5.75 Å². The highest BCUT2D eigenvalue weighted by Crippen LogP contribution is 2.30. The fourth-order valence-electron chi connectivity index (χ4n) is 4.61. The smallest absolute Gasteiger partial charge is 0.132 e. The molecule has 2 aliphatic heterocycles. The number of hydrogen-bond donors (Lipinski definition) is 4. The minimum absolute atomic E-state index is 0.0310. The Balaban J connectivity index is 1.16. The molecule has 0 bridgehead atoms. The zero-order chi connectivity index (χ0) is 23.3. The molecule has 1 fully saturated rings. The van der Waals surface area contributed by atoms with E-state index in [1.165, 1.54) is 16.8 Å². The predicted molar refractivity (Wildman–Crippen MR) is 135 cm³/mol. The van der Waals surface area contributed by atoms with Crippen LogP contribution in [0.25, 0.3) is 0 Å². The second-order valence-electron chi connectivity index (χ2n) is 9.06. The molecule has 3 atom stereocenters. The van der Waals surface area contributed by atoms with Gasteiger partial charge >= 0.3 is 0 Å². The highest BCUT2D eigenvalue weighted by atomic mass is 16.5. The summed E-state index contributed by atoms with van der Waals surface area (Å²) < 4.78 is 6.07. The molecule has 4 N–H and O–H groups in total. The number of piperazine rings is 1. The van der Waals surface area contributed by atoms with Crippen LogP contribution >= 0.6 is 0 Å². The Hall–Kier alpha value is -3.13. The lowest BCUT2D eigenvalue weighted by atomic mass is 10.0. The van der Waals surface area contributed by atoms with Gasteiger partial charge in [0.05, 0.1) is 0 Å². The molecule has 1 saturated heterocycles. The molecule has 2 aromatic carbocycles. The molecule has 0 radical (unpaired) electrons. The van der Waals surface area contributed by atoms with E-state index in [-0.39, 0.29) is 12.1 Å². The highest BCUT2D eigenvalue weighted by molar-refractivity contribution is 5.55. The van der Waals surface area contributed by atoms with E-state index in [1.54, 1.807) is 6.20 Å². The zero-order valence-corrected chi connectivity index (χ0v) is 19.6. The third kappa shape index (κ3) is 5.33. The van der Waals surface area contributed by atoms with Gasteiger partial charge in [-0.15, -0.1) is 0 Å². The first-order chi connectivity index (χ1) is 16.7. The van der Waals surface area contributed by atoms with E-state index in [0.717, 1.165) is 49.7 Å². The molecule has 0 saturated carbocycles. The van der Waals surface area contributed by atoms with Crippen molar-refractivity contribution in [2.45, 2.75) is 31.7 Å². The Morgan fingerprint density at radius 3 is 2.65 bits per heavy atom. The van der Waals surface area contributed by atoms with Gasteiger partial charge in [0.2, 0.25) is 0 Å². The van der Waals surface area contributed by atoms with Crippen LogP contribution in [0.1, 0.15) is 35.9 Å². The molecule has 1 unspecified atom stereocenters. The minimum Gasteiger partial charge on any atom is -0.492 e. The maximum absolute atomic E-state index is 10.7. The Morgan fingerprint density at radius 2 is 1.88 bits per heavy atom. The summed E-state index contributed by atoms with van der Waals surface area (Å²) in [6.07, 6.45) is 1.73. The number of rotatable bonds is 7. The quantitative estimate of drug-likeness (QED) is 0.404. The minimum atomic E-state index is -0.802. The van der Waals surface area contributed by atoms with Crippen molar-refractivity contribution >= 4 is 11.5 Å². The first-order valence-corrected chi connectivity index (χ1v) is 12.1. The monoisotopic (exact) mass is 459 g/mol. The molecular formula is C27H33N5O2. The molecule has 7 nitrogen and oxygen atoms in total. The van der Waals surface area contributed by atoms with Crippen molar-refractivity contribution in [3.05, 3.63) is 83.6 Å². The van der Waals surface area contributed by atoms with Crippen LogP contribution in [-0.2, 0) is 6.42 Å². The molecule has 2 aliphatic rings. The van der Waals surface area contributed by atoms with Gasteiger partial charge in [0.1, 0.15) is 24.4 Å². The Kier molecular flexibility index (Phi) is 6.94. The first kappa shape index (κ1) is 22.7. The first-order valence-electron chi connectivity index (χ1n) is 12.1. The number of ether oxygens (including phenoxy) is 1. The summed E-state index contributed by atoms with van der Waals surface area (Å²) in [5, 5.41) is 20.8. The van der Waals surface area contributed by atoms with Gasteiger partial charge in [0, 0.05) is 61.8 Å². The zero-order valence-electron chi connectivity index (χ0n) is 19.6. The molecule has 7 heteroatoms. The van der Waals surface area contributed by atoms with Crippen molar-refractivity contribution in [3.8, 4) is 5.75 Å². The third-order valence-corrected chi connectivity index (χ3v) is 6.60. The summed E-state index contributed by atoms with van der Waals surface area (Å²) in [6, 6.07) is 20.7. The van der Waals surface area contributed by atoms with Gasteiger partial charge in [-0.2, -0.15) is 0 Å². The van der Waals surface area contributed by atoms with Gasteiger partial charge in [-0.1, -0.05) is 36.4 Å². The van der Waals surface area contributed by atoms with Crippen molar-refractivity contribution in [1.29, 1.82) is 0 Å². The molecule has 178 valence electrons. The summed E-state index contributed by atoms with van der Waals surface area (Å²) in [5.41, 5.74) is 4.32. The Morgan fingerprint density at radius 1 is 1.06 bits per heavy atom. The normalized spacial score (nSPS) is 19.6. The SMILES string of the molecule is C[C@@H](Nc1ccc(C(O)N[C@H]2COc3cc(N4CCNCC4)ccc3C2)cn1)c1ccccc1. The van der Waals surface area contributed by atoms with Gasteiger partial charge in [-0.05, 0) is 42.7 Å². The Labute approximate surface area is 201 Å². The van der Waals surface area contributed by atoms with Gasteiger partial charge < -0.3 is 25.4 Å². The summed E-state index contributed by atoms with van der Waals surface area (Å²) in [6.45, 7) is 6.69. The lowest BCUT2D eigenvalue weighted by Gasteiger charge is -2.32. The number of nitrogens with zero attached hydrogens (tertiary/aromatic N) is 2. The van der Waals surface area contributed by atoms with Crippen LogP contribution in [0.3, 0.4) is 0 Å². The summed E-state index contributed by atoms with van der Waals surface area (Å²) >= 11 is 0. The average molecular weight is 460 g/mol. The number of hydrogen-bond acceptors (Lipinski definition) is 7. The maximum atomic E-state index is 10.7. The molecule has 3 heterocycles. The van der Waals surface area contributed by atoms with Gasteiger partial charge in [0.15, 0.2) is 0 Å². The molecule has 5 rings (SSSR count). The van der Waals surface area contributed by atoms with Crippen molar-refractivity contribution in [2.75, 3.05) is 43.0 Å². The molecule has 1 aromatic heterocycles. The van der Waals surface area contributed by atoms with Crippen molar-refractivity contribution in [2.24, 2.45) is 0 Å². The number of anilines is 2. The molecular weight excluding hydrogens is 426 g/mol. The predicted octanol–water partition coefficient (Wildman–Crippen LogP) is 3.25. The number of pyridine rings is 1. The highest BCUT2D eigenvalue weighted by Gasteiger charge is 2.24. The molecule has 3 aromatic rings. The van der Waals surface area contributed by atoms with E-state index in [9.17, 15) is 5.11 Å². The van der Waals surface area contributed by atoms with E-state index in [4.69, 9.17) is 4.74 Å². The van der Waals surface area contributed by atoms with E-state index in [2.05, 4.69) is 63.1 Å². The van der Waals surface area contributed by atoms with E-state index < -0.39 is 6.23 Å². The van der Waals surface area contributed by atoms with Crippen molar-refractivity contribution in [1.82, 2.24) is 15.6 Å². The lowest BCUT2D eigenvalue weighted by Crippen LogP contribution is -2.44. The number of fused-ring (bicyclic) bond motifs is 1. The maximum Gasteiger partial charge on any atom is 0.132 e. The van der Waals surface area contributed by atoms with Crippen LogP contribution in [0.4, 0.5) is 11.5 Å². The lowest BCUT2D eigenvalue weighted by molar-refractivity contribution is 0.103. The van der Waals surface area contributed by atoms with Crippen LogP contribution in [0.2, 0.25) is 0 Å². The molecule has 0 aliphatic carbocycles. The van der Waals surface area contributed by atoms with E-state index >= 15 is 0 Å². The van der Waals surface area contributed by atoms with E-state index in [0.29, 0.717) is 6.61 Å². The van der Waals surface area contributed by atoms with Gasteiger partial charge in [-0.25, -0.2) is 4.98 Å². The molecule has 0 spiro atoms.